The summed E-state index contributed by atoms with van der Waals surface area (Å²) in [4.78, 5) is 11.5. The van der Waals surface area contributed by atoms with Gasteiger partial charge in [-0.05, 0) is 28.3 Å². The van der Waals surface area contributed by atoms with Crippen molar-refractivity contribution in [3.8, 4) is 0 Å². The highest BCUT2D eigenvalue weighted by molar-refractivity contribution is 9.10. The maximum absolute atomic E-state index is 4.71. The van der Waals surface area contributed by atoms with Crippen molar-refractivity contribution >= 4 is 21.7 Å². The minimum absolute atomic E-state index is 0.0100. The van der Waals surface area contributed by atoms with Gasteiger partial charge in [0.05, 0.1) is 0 Å². The lowest BCUT2D eigenvalue weighted by molar-refractivity contribution is 0.542. The number of halogens is 1. The number of aromatic nitrogens is 2. The first-order valence-electron chi connectivity index (χ1n) is 6.16. The Balaban J connectivity index is 2.32. The summed E-state index contributed by atoms with van der Waals surface area (Å²) in [7, 11) is 0. The van der Waals surface area contributed by atoms with E-state index < -0.39 is 0 Å². The van der Waals surface area contributed by atoms with Crippen LogP contribution in [0, 0.1) is 5.92 Å². The average molecular weight is 298 g/mol. The van der Waals surface area contributed by atoms with Crippen molar-refractivity contribution in [3.63, 3.8) is 0 Å². The number of hydrogen-bond acceptors (Lipinski definition) is 3. The Morgan fingerprint density at radius 3 is 2.59 bits per heavy atom. The summed E-state index contributed by atoms with van der Waals surface area (Å²) >= 11 is 3.49. The van der Waals surface area contributed by atoms with Gasteiger partial charge in [-0.15, -0.1) is 0 Å². The van der Waals surface area contributed by atoms with Crippen molar-refractivity contribution < 1.29 is 0 Å². The highest BCUT2D eigenvalue weighted by Gasteiger charge is 2.23. The van der Waals surface area contributed by atoms with Crippen LogP contribution in [0.3, 0.4) is 0 Å². The molecule has 1 aromatic rings. The predicted molar refractivity (Wildman–Crippen MR) is 74.4 cm³/mol. The molecule has 1 aliphatic rings. The predicted octanol–water partition coefficient (Wildman–Crippen LogP) is 3.38. The lowest BCUT2D eigenvalue weighted by atomic mass is 9.96. The molecule has 0 aliphatic carbocycles. The lowest BCUT2D eigenvalue weighted by Crippen LogP contribution is -2.23. The molecule has 2 heterocycles. The van der Waals surface area contributed by atoms with Crippen LogP contribution >= 0.6 is 15.9 Å². The number of anilines is 1. The van der Waals surface area contributed by atoms with Gasteiger partial charge in [0.15, 0.2) is 0 Å². The van der Waals surface area contributed by atoms with E-state index in [0.29, 0.717) is 0 Å². The van der Waals surface area contributed by atoms with E-state index >= 15 is 0 Å². The van der Waals surface area contributed by atoms with Gasteiger partial charge in [0.2, 0.25) is 0 Å². The second kappa shape index (κ2) is 4.56. The van der Waals surface area contributed by atoms with E-state index in [-0.39, 0.29) is 5.41 Å². The maximum Gasteiger partial charge on any atom is 0.137 e. The Morgan fingerprint density at radius 1 is 1.35 bits per heavy atom. The van der Waals surface area contributed by atoms with Gasteiger partial charge in [0.1, 0.15) is 16.2 Å². The Kier molecular flexibility index (Phi) is 3.43. The molecule has 0 saturated carbocycles. The van der Waals surface area contributed by atoms with Gasteiger partial charge in [0, 0.05) is 24.6 Å². The standard InChI is InChI=1S/C13H20BrN3/c1-9-5-6-17(8-9)11-7-10(14)15-12(16-11)13(2,3)4/h7,9H,5-6,8H2,1-4H3. The lowest BCUT2D eigenvalue weighted by Gasteiger charge is -2.22. The summed E-state index contributed by atoms with van der Waals surface area (Å²) in [5.74, 6) is 2.73. The van der Waals surface area contributed by atoms with Gasteiger partial charge in [-0.3, -0.25) is 0 Å². The molecule has 1 aromatic heterocycles. The second-order valence-electron chi connectivity index (χ2n) is 5.96. The van der Waals surface area contributed by atoms with Crippen LogP contribution in [0.15, 0.2) is 10.7 Å². The van der Waals surface area contributed by atoms with Crippen LogP contribution in [-0.2, 0) is 5.41 Å². The van der Waals surface area contributed by atoms with Gasteiger partial charge >= 0.3 is 0 Å². The van der Waals surface area contributed by atoms with Gasteiger partial charge < -0.3 is 4.90 Å². The van der Waals surface area contributed by atoms with Crippen LogP contribution in [0.1, 0.15) is 39.9 Å². The summed E-state index contributed by atoms with van der Waals surface area (Å²) in [5.41, 5.74) is -0.0100. The van der Waals surface area contributed by atoms with Crippen molar-refractivity contribution in [3.05, 3.63) is 16.5 Å². The third-order valence-corrected chi connectivity index (χ3v) is 3.51. The second-order valence-corrected chi connectivity index (χ2v) is 6.77. The Morgan fingerprint density at radius 2 is 2.06 bits per heavy atom. The Bertz CT molecular complexity index is 412. The molecule has 4 heteroatoms. The Hall–Kier alpha value is -0.640. The van der Waals surface area contributed by atoms with E-state index in [0.717, 1.165) is 35.3 Å². The molecule has 1 fully saturated rings. The fourth-order valence-electron chi connectivity index (χ4n) is 2.05. The largest absolute Gasteiger partial charge is 0.356 e. The van der Waals surface area contributed by atoms with E-state index in [9.17, 15) is 0 Å². The van der Waals surface area contributed by atoms with E-state index in [1.807, 2.05) is 6.07 Å². The summed E-state index contributed by atoms with van der Waals surface area (Å²) in [6.07, 6.45) is 1.26. The SMILES string of the molecule is CC1CCN(c2cc(Br)nc(C(C)(C)C)n2)C1. The van der Waals surface area contributed by atoms with Gasteiger partial charge in [0.25, 0.3) is 0 Å². The smallest absolute Gasteiger partial charge is 0.137 e. The monoisotopic (exact) mass is 297 g/mol. The molecule has 0 N–H and O–H groups in total. The summed E-state index contributed by atoms with van der Waals surface area (Å²) in [5, 5.41) is 0. The molecule has 0 spiro atoms. The fraction of sp³-hybridized carbons (Fsp3) is 0.692. The molecule has 1 saturated heterocycles. The number of rotatable bonds is 1. The molecule has 1 unspecified atom stereocenters. The third kappa shape index (κ3) is 2.97. The van der Waals surface area contributed by atoms with Crippen LogP contribution in [0.2, 0.25) is 0 Å². The van der Waals surface area contributed by atoms with Crippen molar-refractivity contribution in [1.29, 1.82) is 0 Å². The van der Waals surface area contributed by atoms with Crippen LogP contribution in [0.4, 0.5) is 5.82 Å². The summed E-state index contributed by atoms with van der Waals surface area (Å²) in [6.45, 7) is 10.9. The fourth-order valence-corrected chi connectivity index (χ4v) is 2.42. The molecule has 3 nitrogen and oxygen atoms in total. The van der Waals surface area contributed by atoms with Gasteiger partial charge in [-0.25, -0.2) is 9.97 Å². The average Bonchev–Trinajstić information content (AvgIpc) is 2.62. The molecule has 1 atom stereocenters. The number of hydrogen-bond donors (Lipinski definition) is 0. The highest BCUT2D eigenvalue weighted by atomic mass is 79.9. The van der Waals surface area contributed by atoms with E-state index in [1.54, 1.807) is 0 Å². The van der Waals surface area contributed by atoms with Crippen LogP contribution < -0.4 is 4.90 Å². The maximum atomic E-state index is 4.71. The quantitative estimate of drug-likeness (QED) is 0.744. The first kappa shape index (κ1) is 12.8. The summed E-state index contributed by atoms with van der Waals surface area (Å²) < 4.78 is 0.881. The molecule has 0 amide bonds. The zero-order valence-electron chi connectivity index (χ0n) is 11.0. The van der Waals surface area contributed by atoms with Crippen LogP contribution in [-0.4, -0.2) is 23.1 Å². The Labute approximate surface area is 112 Å². The first-order chi connectivity index (χ1) is 7.86. The van der Waals surface area contributed by atoms with Crippen molar-refractivity contribution in [2.24, 2.45) is 5.92 Å². The van der Waals surface area contributed by atoms with E-state index in [1.165, 1.54) is 6.42 Å². The van der Waals surface area contributed by atoms with Crippen molar-refractivity contribution in [2.75, 3.05) is 18.0 Å². The van der Waals surface area contributed by atoms with E-state index in [2.05, 4.69) is 53.5 Å². The normalized spacial score (nSPS) is 21.0. The van der Waals surface area contributed by atoms with Gasteiger partial charge in [-0.1, -0.05) is 27.7 Å². The molecule has 0 aromatic carbocycles. The topological polar surface area (TPSA) is 29.0 Å². The van der Waals surface area contributed by atoms with Crippen molar-refractivity contribution in [1.82, 2.24) is 9.97 Å². The molecule has 0 bridgehead atoms. The zero-order valence-corrected chi connectivity index (χ0v) is 12.6. The molecular formula is C13H20BrN3. The minimum Gasteiger partial charge on any atom is -0.356 e. The van der Waals surface area contributed by atoms with Crippen molar-refractivity contribution in [2.45, 2.75) is 39.5 Å². The zero-order chi connectivity index (χ0) is 12.6. The van der Waals surface area contributed by atoms with E-state index in [4.69, 9.17) is 4.98 Å². The highest BCUT2D eigenvalue weighted by Crippen LogP contribution is 2.27. The molecule has 2 rings (SSSR count). The van der Waals surface area contributed by atoms with Crippen LogP contribution in [0.5, 0.6) is 0 Å². The molecule has 94 valence electrons. The van der Waals surface area contributed by atoms with Crippen LogP contribution in [0.25, 0.3) is 0 Å². The summed E-state index contributed by atoms with van der Waals surface area (Å²) in [6, 6.07) is 2.02. The molecule has 17 heavy (non-hydrogen) atoms. The van der Waals surface area contributed by atoms with Gasteiger partial charge in [-0.2, -0.15) is 0 Å². The first-order valence-corrected chi connectivity index (χ1v) is 6.95. The minimum atomic E-state index is -0.0100. The molecular weight excluding hydrogens is 278 g/mol. The molecule has 0 radical (unpaired) electrons. The third-order valence-electron chi connectivity index (χ3n) is 3.10. The number of nitrogens with zero attached hydrogens (tertiary/aromatic N) is 3. The molecule has 1 aliphatic heterocycles.